The van der Waals surface area contributed by atoms with Gasteiger partial charge in [-0.25, -0.2) is 4.79 Å². The largest absolute Gasteiger partial charge is 0.497 e. The van der Waals surface area contributed by atoms with Gasteiger partial charge in [-0.3, -0.25) is 9.69 Å². The molecule has 0 heterocycles. The fourth-order valence-electron chi connectivity index (χ4n) is 2.39. The maximum Gasteiger partial charge on any atom is 0.410 e. The van der Waals surface area contributed by atoms with Crippen LogP contribution in [-0.2, 0) is 27.2 Å². The van der Waals surface area contributed by atoms with Gasteiger partial charge in [0.15, 0.2) is 0 Å². The minimum absolute atomic E-state index is 0.0571. The van der Waals surface area contributed by atoms with E-state index in [4.69, 9.17) is 9.47 Å². The molecule has 0 unspecified atom stereocenters. The van der Waals surface area contributed by atoms with Crippen LogP contribution in [0.4, 0.5) is 18.0 Å². The Bertz CT molecular complexity index is 683. The first-order valence-corrected chi connectivity index (χ1v) is 8.62. The molecular formula is C19H26F3NO5. The fourth-order valence-corrected chi connectivity index (χ4v) is 2.39. The minimum atomic E-state index is -4.60. The molecule has 1 aromatic rings. The van der Waals surface area contributed by atoms with Gasteiger partial charge in [0.25, 0.3) is 0 Å². The second kappa shape index (κ2) is 9.66. The molecule has 9 heteroatoms. The lowest BCUT2D eigenvalue weighted by Gasteiger charge is -2.28. The van der Waals surface area contributed by atoms with E-state index in [1.54, 1.807) is 39.0 Å². The number of carbonyl (C=O) groups is 2. The van der Waals surface area contributed by atoms with Crippen LogP contribution in [0.1, 0.15) is 38.3 Å². The van der Waals surface area contributed by atoms with Crippen molar-refractivity contribution >= 4 is 12.1 Å². The smallest absolute Gasteiger partial charge is 0.410 e. The second-order valence-corrected chi connectivity index (χ2v) is 7.16. The molecule has 0 saturated carbocycles. The monoisotopic (exact) mass is 405 g/mol. The van der Waals surface area contributed by atoms with Crippen LogP contribution in [0.2, 0.25) is 0 Å². The molecule has 6 nitrogen and oxygen atoms in total. The normalized spacial score (nSPS) is 11.7. The molecular weight excluding hydrogens is 379 g/mol. The van der Waals surface area contributed by atoms with Crippen molar-refractivity contribution in [2.45, 2.75) is 51.9 Å². The molecule has 0 aliphatic carbocycles. The molecule has 0 spiro atoms. The van der Waals surface area contributed by atoms with Gasteiger partial charge in [0.2, 0.25) is 0 Å². The van der Waals surface area contributed by atoms with E-state index >= 15 is 0 Å². The number of esters is 1. The minimum Gasteiger partial charge on any atom is -0.497 e. The molecule has 0 saturated heterocycles. The summed E-state index contributed by atoms with van der Waals surface area (Å²) in [5.74, 6) is -0.0194. The van der Waals surface area contributed by atoms with Gasteiger partial charge in [0.05, 0.1) is 14.2 Å². The van der Waals surface area contributed by atoms with Crippen molar-refractivity contribution in [2.24, 2.45) is 0 Å². The van der Waals surface area contributed by atoms with Gasteiger partial charge in [0.1, 0.15) is 17.9 Å². The Balaban J connectivity index is 3.16. The standard InChI is InChI=1S/C19H26F3NO5/c1-18(2,3)28-17(25)23(12-19(20,21)22)11-14-10-15(26-4)8-6-13(14)7-9-16(24)27-5/h6,8,10H,7,9,11-12H2,1-5H3. The Morgan fingerprint density at radius 2 is 1.71 bits per heavy atom. The lowest BCUT2D eigenvalue weighted by Crippen LogP contribution is -2.41. The van der Waals surface area contributed by atoms with E-state index in [2.05, 4.69) is 4.74 Å². The molecule has 0 aliphatic heterocycles. The van der Waals surface area contributed by atoms with Crippen molar-refractivity contribution in [1.82, 2.24) is 4.90 Å². The summed E-state index contributed by atoms with van der Waals surface area (Å²) in [6.45, 7) is 2.91. The molecule has 0 fully saturated rings. The molecule has 0 atom stereocenters. The third kappa shape index (κ3) is 8.49. The van der Waals surface area contributed by atoms with Gasteiger partial charge < -0.3 is 14.2 Å². The summed E-state index contributed by atoms with van der Waals surface area (Å²) in [6.07, 6.45) is -5.37. The molecule has 0 N–H and O–H groups in total. The van der Waals surface area contributed by atoms with Crippen LogP contribution in [0.5, 0.6) is 5.75 Å². The molecule has 1 aromatic carbocycles. The maximum absolute atomic E-state index is 13.0. The fraction of sp³-hybridized carbons (Fsp3) is 0.579. The number of alkyl halides is 3. The quantitative estimate of drug-likeness (QED) is 0.639. The van der Waals surface area contributed by atoms with E-state index in [1.165, 1.54) is 14.2 Å². The highest BCUT2D eigenvalue weighted by atomic mass is 19.4. The number of aryl methyl sites for hydroxylation is 1. The summed E-state index contributed by atoms with van der Waals surface area (Å²) in [5, 5.41) is 0. The molecule has 0 aliphatic rings. The lowest BCUT2D eigenvalue weighted by molar-refractivity contribution is -0.145. The topological polar surface area (TPSA) is 65.1 Å². The molecule has 0 radical (unpaired) electrons. The van der Waals surface area contributed by atoms with Gasteiger partial charge in [-0.1, -0.05) is 6.07 Å². The average molecular weight is 405 g/mol. The molecule has 1 amide bonds. The summed E-state index contributed by atoms with van der Waals surface area (Å²) < 4.78 is 53.9. The van der Waals surface area contributed by atoms with Crippen molar-refractivity contribution in [3.05, 3.63) is 29.3 Å². The number of carbonyl (C=O) groups excluding carboxylic acids is 2. The Hall–Kier alpha value is -2.45. The highest BCUT2D eigenvalue weighted by Crippen LogP contribution is 2.25. The number of methoxy groups -OCH3 is 2. The number of hydrogen-bond donors (Lipinski definition) is 0. The van der Waals surface area contributed by atoms with Crippen molar-refractivity contribution in [3.63, 3.8) is 0 Å². The summed E-state index contributed by atoms with van der Waals surface area (Å²) in [6, 6.07) is 4.83. The first-order valence-electron chi connectivity index (χ1n) is 8.62. The van der Waals surface area contributed by atoms with Crippen molar-refractivity contribution in [2.75, 3.05) is 20.8 Å². The zero-order chi connectivity index (χ0) is 21.5. The number of benzene rings is 1. The molecule has 158 valence electrons. The Labute approximate surface area is 162 Å². The Morgan fingerprint density at radius 1 is 1.07 bits per heavy atom. The van der Waals surface area contributed by atoms with Gasteiger partial charge in [-0.15, -0.1) is 0 Å². The van der Waals surface area contributed by atoms with E-state index in [0.717, 1.165) is 0 Å². The Kier molecular flexibility index (Phi) is 8.14. The van der Waals surface area contributed by atoms with Gasteiger partial charge >= 0.3 is 18.2 Å². The van der Waals surface area contributed by atoms with Crippen LogP contribution < -0.4 is 4.74 Å². The van der Waals surface area contributed by atoms with Crippen LogP contribution in [0.25, 0.3) is 0 Å². The zero-order valence-corrected chi connectivity index (χ0v) is 16.7. The van der Waals surface area contributed by atoms with Crippen LogP contribution in [0.15, 0.2) is 18.2 Å². The van der Waals surface area contributed by atoms with Crippen LogP contribution in [0, 0.1) is 0 Å². The van der Waals surface area contributed by atoms with Crippen LogP contribution >= 0.6 is 0 Å². The van der Waals surface area contributed by atoms with E-state index in [1.807, 2.05) is 0 Å². The van der Waals surface area contributed by atoms with Gasteiger partial charge in [-0.05, 0) is 50.5 Å². The second-order valence-electron chi connectivity index (χ2n) is 7.16. The number of nitrogens with zero attached hydrogens (tertiary/aromatic N) is 1. The highest BCUT2D eigenvalue weighted by Gasteiger charge is 2.35. The number of ether oxygens (including phenoxy) is 3. The van der Waals surface area contributed by atoms with E-state index < -0.39 is 30.4 Å². The van der Waals surface area contributed by atoms with E-state index in [0.29, 0.717) is 21.8 Å². The molecule has 0 bridgehead atoms. The maximum atomic E-state index is 13.0. The van der Waals surface area contributed by atoms with E-state index in [-0.39, 0.29) is 19.4 Å². The lowest BCUT2D eigenvalue weighted by atomic mass is 10.0. The third-order valence-electron chi connectivity index (χ3n) is 3.62. The van der Waals surface area contributed by atoms with E-state index in [9.17, 15) is 22.8 Å². The average Bonchev–Trinajstić information content (AvgIpc) is 2.56. The number of amides is 1. The molecule has 28 heavy (non-hydrogen) atoms. The predicted octanol–water partition coefficient (Wildman–Crippen LogP) is 4.10. The molecule has 1 rings (SSSR count). The zero-order valence-electron chi connectivity index (χ0n) is 16.7. The summed E-state index contributed by atoms with van der Waals surface area (Å²) in [5.41, 5.74) is 0.100. The predicted molar refractivity (Wildman–Crippen MR) is 96.0 cm³/mol. The summed E-state index contributed by atoms with van der Waals surface area (Å²) in [4.78, 5) is 24.3. The molecule has 0 aromatic heterocycles. The van der Waals surface area contributed by atoms with Crippen LogP contribution in [0.3, 0.4) is 0 Å². The SMILES string of the molecule is COC(=O)CCc1ccc(OC)cc1CN(CC(F)(F)F)C(=O)OC(C)(C)C. The Morgan fingerprint density at radius 3 is 2.21 bits per heavy atom. The first kappa shape index (κ1) is 23.6. The van der Waals surface area contributed by atoms with Gasteiger partial charge in [-0.2, -0.15) is 13.2 Å². The van der Waals surface area contributed by atoms with Crippen molar-refractivity contribution in [3.8, 4) is 5.75 Å². The number of hydrogen-bond acceptors (Lipinski definition) is 5. The van der Waals surface area contributed by atoms with Crippen LogP contribution in [-0.4, -0.2) is 49.5 Å². The third-order valence-corrected chi connectivity index (χ3v) is 3.62. The first-order chi connectivity index (χ1) is 12.8. The number of rotatable bonds is 7. The summed E-state index contributed by atoms with van der Waals surface area (Å²) in [7, 11) is 2.68. The summed E-state index contributed by atoms with van der Waals surface area (Å²) >= 11 is 0. The van der Waals surface area contributed by atoms with Crippen molar-refractivity contribution in [1.29, 1.82) is 0 Å². The van der Waals surface area contributed by atoms with Crippen molar-refractivity contribution < 1.29 is 37.0 Å². The highest BCUT2D eigenvalue weighted by molar-refractivity contribution is 5.70. The number of halogens is 3. The van der Waals surface area contributed by atoms with Gasteiger partial charge in [0, 0.05) is 13.0 Å².